The zero-order valence-corrected chi connectivity index (χ0v) is 13.7. The molecule has 0 rings (SSSR count). The highest BCUT2D eigenvalue weighted by Gasteiger charge is 2.25. The summed E-state index contributed by atoms with van der Waals surface area (Å²) in [5, 5.41) is 4.74. The van der Waals surface area contributed by atoms with Crippen LogP contribution in [0.25, 0.3) is 0 Å². The molecule has 0 aliphatic heterocycles. The lowest BCUT2D eigenvalue weighted by atomic mass is 10.1. The van der Waals surface area contributed by atoms with E-state index in [-0.39, 0.29) is 37.2 Å². The lowest BCUT2D eigenvalue weighted by molar-refractivity contribution is -0.131. The summed E-state index contributed by atoms with van der Waals surface area (Å²) in [5.41, 5.74) is 10.2. The van der Waals surface area contributed by atoms with Crippen LogP contribution in [0.5, 0.6) is 0 Å². The first-order chi connectivity index (χ1) is 10.7. The Kier molecular flexibility index (Phi) is 9.63. The number of rotatable bonds is 11. The maximum absolute atomic E-state index is 12.2. The van der Waals surface area contributed by atoms with Gasteiger partial charge >= 0.3 is 0 Å². The van der Waals surface area contributed by atoms with Crippen LogP contribution >= 0.6 is 12.6 Å². The summed E-state index contributed by atoms with van der Waals surface area (Å²) >= 11 is 3.78. The number of carbonyl (C=O) groups excluding carboxylic acids is 5. The zero-order chi connectivity index (χ0) is 18.0. The second-order valence-electron chi connectivity index (χ2n) is 4.99. The minimum Gasteiger partial charge on any atom is -0.370 e. The second-order valence-corrected chi connectivity index (χ2v) is 5.30. The van der Waals surface area contributed by atoms with E-state index in [9.17, 15) is 24.0 Å². The van der Waals surface area contributed by atoms with Gasteiger partial charge in [-0.15, -0.1) is 0 Å². The molecular formula is C13H22N4O5S. The van der Waals surface area contributed by atoms with Crippen molar-refractivity contribution in [3.05, 3.63) is 0 Å². The van der Waals surface area contributed by atoms with Gasteiger partial charge in [-0.05, 0) is 19.8 Å². The number of primary amides is 2. The van der Waals surface area contributed by atoms with Crippen LogP contribution in [-0.2, 0) is 24.0 Å². The van der Waals surface area contributed by atoms with E-state index in [1.165, 1.54) is 6.92 Å². The molecule has 0 aromatic heterocycles. The predicted octanol–water partition coefficient (Wildman–Crippen LogP) is -1.99. The molecule has 0 unspecified atom stereocenters. The molecule has 0 aliphatic rings. The van der Waals surface area contributed by atoms with E-state index in [0.717, 1.165) is 0 Å². The van der Waals surface area contributed by atoms with E-state index in [1.807, 2.05) is 0 Å². The van der Waals surface area contributed by atoms with Crippen molar-refractivity contribution in [3.63, 3.8) is 0 Å². The van der Waals surface area contributed by atoms with Crippen LogP contribution in [0.2, 0.25) is 0 Å². The number of nitrogens with one attached hydrogen (secondary N) is 2. The number of nitrogens with two attached hydrogens (primary N) is 2. The molecule has 0 saturated heterocycles. The summed E-state index contributed by atoms with van der Waals surface area (Å²) in [5.74, 6) is -2.94. The average Bonchev–Trinajstić information content (AvgIpc) is 2.46. The standard InChI is InChI=1S/C13H22N4O5S/c1-7(18)2-3-8(12(15)21)17-13(22)9(4-5-10(14)19)16-11(20)6-23/h8-9,23H,2-6H2,1H3,(H2,14,19)(H2,15,21)(H,16,20)(H,17,22)/t8-,9-/m0/s1. The summed E-state index contributed by atoms with van der Waals surface area (Å²) in [6.45, 7) is 1.35. The van der Waals surface area contributed by atoms with Crippen LogP contribution < -0.4 is 22.1 Å². The van der Waals surface area contributed by atoms with E-state index >= 15 is 0 Å². The third-order valence-electron chi connectivity index (χ3n) is 2.92. The molecule has 2 atom stereocenters. The lowest BCUT2D eigenvalue weighted by Crippen LogP contribution is -2.53. The molecule has 0 spiro atoms. The van der Waals surface area contributed by atoms with Crippen LogP contribution in [0.4, 0.5) is 0 Å². The van der Waals surface area contributed by atoms with E-state index in [2.05, 4.69) is 23.3 Å². The van der Waals surface area contributed by atoms with Crippen molar-refractivity contribution in [3.8, 4) is 0 Å². The van der Waals surface area contributed by atoms with E-state index in [4.69, 9.17) is 11.5 Å². The normalized spacial score (nSPS) is 12.8. The molecule has 0 heterocycles. The number of Topliss-reactive ketones (excluding diaryl/α,β-unsaturated/α-hetero) is 1. The lowest BCUT2D eigenvalue weighted by Gasteiger charge is -2.21. The summed E-state index contributed by atoms with van der Waals surface area (Å²) in [6, 6.07) is -2.10. The molecule has 6 N–H and O–H groups in total. The Morgan fingerprint density at radius 3 is 1.96 bits per heavy atom. The SMILES string of the molecule is CC(=O)CC[C@H](NC(=O)[C@H](CCC(N)=O)NC(=O)CS)C(N)=O. The molecule has 0 aromatic rings. The minimum absolute atomic E-state index is 0.0289. The molecule has 0 aliphatic carbocycles. The van der Waals surface area contributed by atoms with Crippen molar-refractivity contribution in [2.75, 3.05) is 5.75 Å². The highest BCUT2D eigenvalue weighted by molar-refractivity contribution is 7.81. The molecule has 0 saturated carbocycles. The van der Waals surface area contributed by atoms with Gasteiger partial charge in [0.25, 0.3) is 0 Å². The van der Waals surface area contributed by atoms with E-state index in [0.29, 0.717) is 0 Å². The molecule has 9 nitrogen and oxygen atoms in total. The first kappa shape index (κ1) is 20.9. The summed E-state index contributed by atoms with van der Waals surface area (Å²) in [6.07, 6.45) is -0.0270. The van der Waals surface area contributed by atoms with Crippen molar-refractivity contribution in [2.45, 2.75) is 44.7 Å². The Hall–Kier alpha value is -2.10. The number of thiol groups is 1. The number of hydrogen-bond donors (Lipinski definition) is 5. The van der Waals surface area contributed by atoms with E-state index in [1.54, 1.807) is 0 Å². The van der Waals surface area contributed by atoms with Crippen LogP contribution in [0.3, 0.4) is 0 Å². The smallest absolute Gasteiger partial charge is 0.243 e. The van der Waals surface area contributed by atoms with Gasteiger partial charge < -0.3 is 26.9 Å². The Labute approximate surface area is 139 Å². The molecule has 130 valence electrons. The largest absolute Gasteiger partial charge is 0.370 e. The van der Waals surface area contributed by atoms with Gasteiger partial charge in [0, 0.05) is 12.8 Å². The van der Waals surface area contributed by atoms with Gasteiger partial charge in [-0.3, -0.25) is 19.2 Å². The monoisotopic (exact) mass is 346 g/mol. The van der Waals surface area contributed by atoms with Gasteiger partial charge in [-0.2, -0.15) is 12.6 Å². The molecule has 0 fully saturated rings. The van der Waals surface area contributed by atoms with Gasteiger partial charge in [0.05, 0.1) is 5.75 Å². The third kappa shape index (κ3) is 9.51. The molecule has 0 aromatic carbocycles. The Morgan fingerprint density at radius 2 is 1.52 bits per heavy atom. The fourth-order valence-corrected chi connectivity index (χ4v) is 1.79. The van der Waals surface area contributed by atoms with Crippen LogP contribution in [0, 0.1) is 0 Å². The predicted molar refractivity (Wildman–Crippen MR) is 85.3 cm³/mol. The Bertz CT molecular complexity index is 483. The van der Waals surface area contributed by atoms with Crippen LogP contribution in [0.15, 0.2) is 0 Å². The van der Waals surface area contributed by atoms with Crippen molar-refractivity contribution in [1.82, 2.24) is 10.6 Å². The number of carbonyl (C=O) groups is 5. The number of ketones is 1. The fraction of sp³-hybridized carbons (Fsp3) is 0.615. The first-order valence-electron chi connectivity index (χ1n) is 6.95. The number of hydrogen-bond acceptors (Lipinski definition) is 6. The van der Waals surface area contributed by atoms with Gasteiger partial charge in [-0.1, -0.05) is 0 Å². The van der Waals surface area contributed by atoms with Crippen molar-refractivity contribution >= 4 is 42.0 Å². The Balaban J connectivity index is 4.86. The van der Waals surface area contributed by atoms with Crippen molar-refractivity contribution in [2.24, 2.45) is 11.5 Å². The van der Waals surface area contributed by atoms with E-state index < -0.39 is 35.7 Å². The van der Waals surface area contributed by atoms with Crippen molar-refractivity contribution in [1.29, 1.82) is 0 Å². The highest BCUT2D eigenvalue weighted by Crippen LogP contribution is 2.02. The average molecular weight is 346 g/mol. The van der Waals surface area contributed by atoms with Crippen molar-refractivity contribution < 1.29 is 24.0 Å². The van der Waals surface area contributed by atoms with Crippen LogP contribution in [-0.4, -0.2) is 47.2 Å². The summed E-state index contributed by atoms with van der Waals surface area (Å²) in [7, 11) is 0. The van der Waals surface area contributed by atoms with Gasteiger partial charge in [-0.25, -0.2) is 0 Å². The quantitative estimate of drug-likeness (QED) is 0.273. The Morgan fingerprint density at radius 1 is 0.957 bits per heavy atom. The maximum atomic E-state index is 12.2. The summed E-state index contributed by atoms with van der Waals surface area (Å²) in [4.78, 5) is 56.7. The third-order valence-corrected chi connectivity index (χ3v) is 3.21. The summed E-state index contributed by atoms with van der Waals surface area (Å²) < 4.78 is 0. The molecule has 23 heavy (non-hydrogen) atoms. The molecule has 0 radical (unpaired) electrons. The minimum atomic E-state index is -1.05. The number of amides is 4. The zero-order valence-electron chi connectivity index (χ0n) is 12.8. The van der Waals surface area contributed by atoms with Gasteiger partial charge in [0.2, 0.25) is 23.6 Å². The molecule has 10 heteroatoms. The topological polar surface area (TPSA) is 161 Å². The molecule has 0 bridgehead atoms. The van der Waals surface area contributed by atoms with Crippen LogP contribution in [0.1, 0.15) is 32.6 Å². The fourth-order valence-electron chi connectivity index (χ4n) is 1.70. The first-order valence-corrected chi connectivity index (χ1v) is 7.58. The van der Waals surface area contributed by atoms with Gasteiger partial charge in [0.15, 0.2) is 0 Å². The molecule has 4 amide bonds. The maximum Gasteiger partial charge on any atom is 0.243 e. The van der Waals surface area contributed by atoms with Gasteiger partial charge in [0.1, 0.15) is 17.9 Å². The molecular weight excluding hydrogens is 324 g/mol. The highest BCUT2D eigenvalue weighted by atomic mass is 32.1. The second kappa shape index (κ2) is 10.6.